The molecule has 0 atom stereocenters. The molecule has 0 bridgehead atoms. The van der Waals surface area contributed by atoms with E-state index in [4.69, 9.17) is 27.9 Å². The third-order valence-electron chi connectivity index (χ3n) is 2.66. The van der Waals surface area contributed by atoms with Crippen LogP contribution in [0.3, 0.4) is 0 Å². The summed E-state index contributed by atoms with van der Waals surface area (Å²) < 4.78 is 31.1. The zero-order valence-electron chi connectivity index (χ0n) is 12.0. The van der Waals surface area contributed by atoms with Gasteiger partial charge in [-0.2, -0.15) is 4.31 Å². The standard InChI is InChI=1S/C13H17Cl2NO4S/c1-4-20-13(17)8-16(9(2)3)21(18,19)10-5-6-11(14)12(15)7-10/h5-7,9H,4,8H2,1-3H3. The molecule has 0 aliphatic rings. The Bertz CT molecular complexity index is 617. The second kappa shape index (κ2) is 7.45. The van der Waals surface area contributed by atoms with Gasteiger partial charge in [0, 0.05) is 6.04 Å². The molecule has 1 aromatic carbocycles. The van der Waals surface area contributed by atoms with Crippen LogP contribution in [-0.2, 0) is 19.6 Å². The molecule has 5 nitrogen and oxygen atoms in total. The van der Waals surface area contributed by atoms with Gasteiger partial charge < -0.3 is 4.74 Å². The Labute approximate surface area is 134 Å². The fourth-order valence-corrected chi connectivity index (χ4v) is 3.62. The first-order chi connectivity index (χ1) is 9.70. The van der Waals surface area contributed by atoms with Crippen molar-refractivity contribution in [2.45, 2.75) is 31.7 Å². The predicted octanol–water partition coefficient (Wildman–Crippen LogP) is 2.96. The molecule has 0 aliphatic carbocycles. The first kappa shape index (κ1) is 18.2. The molecule has 0 heterocycles. The average Bonchev–Trinajstić information content (AvgIpc) is 2.38. The van der Waals surface area contributed by atoms with Crippen LogP contribution in [0.4, 0.5) is 0 Å². The minimum atomic E-state index is -3.86. The van der Waals surface area contributed by atoms with Crippen LogP contribution in [-0.4, -0.2) is 37.9 Å². The van der Waals surface area contributed by atoms with Gasteiger partial charge in [-0.25, -0.2) is 8.42 Å². The molecule has 0 amide bonds. The van der Waals surface area contributed by atoms with Gasteiger partial charge in [0.2, 0.25) is 10.0 Å². The van der Waals surface area contributed by atoms with E-state index >= 15 is 0 Å². The first-order valence-corrected chi connectivity index (χ1v) is 8.52. The van der Waals surface area contributed by atoms with Gasteiger partial charge in [0.15, 0.2) is 0 Å². The number of carbonyl (C=O) groups excluding carboxylic acids is 1. The minimum absolute atomic E-state index is 0.0186. The maximum atomic E-state index is 12.6. The van der Waals surface area contributed by atoms with Crippen molar-refractivity contribution in [3.8, 4) is 0 Å². The van der Waals surface area contributed by atoms with Crippen molar-refractivity contribution in [1.82, 2.24) is 4.31 Å². The summed E-state index contributed by atoms with van der Waals surface area (Å²) in [5.41, 5.74) is 0. The molecule has 1 aromatic rings. The van der Waals surface area contributed by atoms with Gasteiger partial charge in [0.25, 0.3) is 0 Å². The van der Waals surface area contributed by atoms with E-state index in [9.17, 15) is 13.2 Å². The Kier molecular flexibility index (Phi) is 6.46. The first-order valence-electron chi connectivity index (χ1n) is 6.32. The van der Waals surface area contributed by atoms with Crippen molar-refractivity contribution in [2.24, 2.45) is 0 Å². The number of nitrogens with zero attached hydrogens (tertiary/aromatic N) is 1. The van der Waals surface area contributed by atoms with Gasteiger partial charge >= 0.3 is 5.97 Å². The number of benzene rings is 1. The van der Waals surface area contributed by atoms with Gasteiger partial charge in [-0.15, -0.1) is 0 Å². The van der Waals surface area contributed by atoms with Crippen LogP contribution < -0.4 is 0 Å². The molecule has 0 spiro atoms. The monoisotopic (exact) mass is 353 g/mol. The zero-order chi connectivity index (χ0) is 16.2. The molecule has 8 heteroatoms. The van der Waals surface area contributed by atoms with Crippen molar-refractivity contribution >= 4 is 39.2 Å². The summed E-state index contributed by atoms with van der Waals surface area (Å²) in [6.45, 7) is 4.85. The second-order valence-corrected chi connectivity index (χ2v) is 7.23. The largest absolute Gasteiger partial charge is 0.465 e. The zero-order valence-corrected chi connectivity index (χ0v) is 14.3. The molecule has 0 saturated heterocycles. The summed E-state index contributed by atoms with van der Waals surface area (Å²) in [6.07, 6.45) is 0. The van der Waals surface area contributed by atoms with E-state index in [0.29, 0.717) is 0 Å². The van der Waals surface area contributed by atoms with Crippen molar-refractivity contribution in [1.29, 1.82) is 0 Å². The van der Waals surface area contributed by atoms with Crippen LogP contribution >= 0.6 is 23.2 Å². The molecule has 0 unspecified atom stereocenters. The van der Waals surface area contributed by atoms with Crippen molar-refractivity contribution < 1.29 is 17.9 Å². The fourth-order valence-electron chi connectivity index (χ4n) is 1.65. The van der Waals surface area contributed by atoms with E-state index in [2.05, 4.69) is 0 Å². The molecular formula is C13H17Cl2NO4S. The summed E-state index contributed by atoms with van der Waals surface area (Å²) in [7, 11) is -3.86. The lowest BCUT2D eigenvalue weighted by molar-refractivity contribution is -0.143. The number of rotatable bonds is 6. The number of halogens is 2. The predicted molar refractivity (Wildman–Crippen MR) is 82.1 cm³/mol. The van der Waals surface area contributed by atoms with E-state index in [-0.39, 0.29) is 28.1 Å². The second-order valence-electron chi connectivity index (χ2n) is 4.52. The highest BCUT2D eigenvalue weighted by atomic mass is 35.5. The Hall–Kier alpha value is -0.820. The molecular weight excluding hydrogens is 337 g/mol. The summed E-state index contributed by atoms with van der Waals surface area (Å²) in [5, 5.41) is 0.398. The number of hydrogen-bond donors (Lipinski definition) is 0. The maximum absolute atomic E-state index is 12.6. The Morgan fingerprint density at radius 2 is 1.90 bits per heavy atom. The van der Waals surface area contributed by atoms with Crippen LogP contribution in [0.15, 0.2) is 23.1 Å². The maximum Gasteiger partial charge on any atom is 0.321 e. The van der Waals surface area contributed by atoms with Gasteiger partial charge in [0.1, 0.15) is 6.54 Å². The molecule has 1 rings (SSSR count). The van der Waals surface area contributed by atoms with Crippen LogP contribution in [0.1, 0.15) is 20.8 Å². The molecule has 118 valence electrons. The van der Waals surface area contributed by atoms with Crippen LogP contribution in [0, 0.1) is 0 Å². The Morgan fingerprint density at radius 3 is 2.38 bits per heavy atom. The third kappa shape index (κ3) is 4.57. The highest BCUT2D eigenvalue weighted by molar-refractivity contribution is 7.89. The molecule has 0 N–H and O–H groups in total. The van der Waals surface area contributed by atoms with Crippen LogP contribution in [0.25, 0.3) is 0 Å². The van der Waals surface area contributed by atoms with Crippen molar-refractivity contribution in [2.75, 3.05) is 13.2 Å². The number of carbonyl (C=O) groups is 1. The van der Waals surface area contributed by atoms with Crippen molar-refractivity contribution in [3.05, 3.63) is 28.2 Å². The van der Waals surface area contributed by atoms with E-state index in [1.54, 1.807) is 20.8 Å². The molecule has 21 heavy (non-hydrogen) atoms. The lowest BCUT2D eigenvalue weighted by Gasteiger charge is -2.25. The molecule has 0 aliphatic heterocycles. The average molecular weight is 354 g/mol. The summed E-state index contributed by atoms with van der Waals surface area (Å²) in [4.78, 5) is 11.6. The normalized spacial score (nSPS) is 12.0. The van der Waals surface area contributed by atoms with E-state index < -0.39 is 22.0 Å². The number of esters is 1. The van der Waals surface area contributed by atoms with Crippen LogP contribution in [0.2, 0.25) is 10.0 Å². The summed E-state index contributed by atoms with van der Waals surface area (Å²) >= 11 is 11.6. The molecule has 0 radical (unpaired) electrons. The Balaban J connectivity index is 3.15. The van der Waals surface area contributed by atoms with E-state index in [1.807, 2.05) is 0 Å². The lowest BCUT2D eigenvalue weighted by atomic mass is 10.4. The minimum Gasteiger partial charge on any atom is -0.465 e. The fraction of sp³-hybridized carbons (Fsp3) is 0.462. The van der Waals surface area contributed by atoms with Crippen molar-refractivity contribution in [3.63, 3.8) is 0 Å². The molecule has 0 fully saturated rings. The smallest absolute Gasteiger partial charge is 0.321 e. The lowest BCUT2D eigenvalue weighted by Crippen LogP contribution is -2.41. The van der Waals surface area contributed by atoms with Crippen LogP contribution in [0.5, 0.6) is 0 Å². The summed E-state index contributed by atoms with van der Waals surface area (Å²) in [6, 6.07) is 3.61. The van der Waals surface area contributed by atoms with Gasteiger partial charge in [-0.3, -0.25) is 4.79 Å². The highest BCUT2D eigenvalue weighted by Crippen LogP contribution is 2.27. The topological polar surface area (TPSA) is 63.7 Å². The molecule has 0 aromatic heterocycles. The SMILES string of the molecule is CCOC(=O)CN(C(C)C)S(=O)(=O)c1ccc(Cl)c(Cl)c1. The van der Waals surface area contributed by atoms with E-state index in [1.165, 1.54) is 18.2 Å². The third-order valence-corrected chi connectivity index (χ3v) is 5.42. The summed E-state index contributed by atoms with van der Waals surface area (Å²) in [5.74, 6) is -0.602. The van der Waals surface area contributed by atoms with E-state index in [0.717, 1.165) is 4.31 Å². The quantitative estimate of drug-likeness (QED) is 0.737. The number of ether oxygens (including phenoxy) is 1. The number of hydrogen-bond acceptors (Lipinski definition) is 4. The van der Waals surface area contributed by atoms with Gasteiger partial charge in [0.05, 0.1) is 21.5 Å². The van der Waals surface area contributed by atoms with Gasteiger partial charge in [-0.05, 0) is 39.0 Å². The number of sulfonamides is 1. The Morgan fingerprint density at radius 1 is 1.29 bits per heavy atom. The molecule has 0 saturated carbocycles. The highest BCUT2D eigenvalue weighted by Gasteiger charge is 2.29. The van der Waals surface area contributed by atoms with Gasteiger partial charge in [-0.1, -0.05) is 23.2 Å².